The molecule has 5 heteroatoms. The van der Waals surface area contributed by atoms with Crippen molar-refractivity contribution in [1.82, 2.24) is 15.2 Å². The molecule has 1 aliphatic carbocycles. The summed E-state index contributed by atoms with van der Waals surface area (Å²) in [6.07, 6.45) is 5.67. The zero-order valence-electron chi connectivity index (χ0n) is 12.5. The second-order valence-corrected chi connectivity index (χ2v) is 5.54. The molecule has 1 heterocycles. The zero-order valence-corrected chi connectivity index (χ0v) is 12.5. The highest BCUT2D eigenvalue weighted by Crippen LogP contribution is 2.29. The Morgan fingerprint density at radius 2 is 2.10 bits per heavy atom. The minimum atomic E-state index is -0.0522. The molecule has 0 saturated heterocycles. The monoisotopic (exact) mass is 286 g/mol. The maximum absolute atomic E-state index is 5.78. The molecule has 0 amide bonds. The lowest BCUT2D eigenvalue weighted by molar-refractivity contribution is 0.303. The lowest BCUT2D eigenvalue weighted by Crippen LogP contribution is -2.29. The van der Waals surface area contributed by atoms with Crippen molar-refractivity contribution in [2.45, 2.75) is 38.3 Å². The maximum Gasteiger partial charge on any atom is 0.119 e. The van der Waals surface area contributed by atoms with Crippen LogP contribution in [0, 0.1) is 0 Å². The van der Waals surface area contributed by atoms with Crippen LogP contribution in [0.4, 0.5) is 0 Å². The largest absolute Gasteiger partial charge is 0.490 e. The van der Waals surface area contributed by atoms with Crippen molar-refractivity contribution in [3.8, 4) is 5.75 Å². The Morgan fingerprint density at radius 3 is 2.67 bits per heavy atom. The number of hydrogen-bond donors (Lipinski definition) is 2. The van der Waals surface area contributed by atoms with Gasteiger partial charge in [-0.3, -0.25) is 10.5 Å². The molecule has 0 spiro atoms. The normalized spacial score (nSPS) is 16.0. The van der Waals surface area contributed by atoms with Crippen LogP contribution in [0.2, 0.25) is 0 Å². The number of hydrogen-bond acceptors (Lipinski definition) is 4. The molecule has 112 valence electrons. The van der Waals surface area contributed by atoms with Crippen molar-refractivity contribution in [2.75, 3.05) is 0 Å². The van der Waals surface area contributed by atoms with E-state index < -0.39 is 0 Å². The van der Waals surface area contributed by atoms with Crippen molar-refractivity contribution in [3.05, 3.63) is 47.3 Å². The molecule has 0 aliphatic heterocycles. The third kappa shape index (κ3) is 3.09. The average molecular weight is 286 g/mol. The molecular formula is C16H22N4O. The predicted molar refractivity (Wildman–Crippen MR) is 81.8 cm³/mol. The van der Waals surface area contributed by atoms with Gasteiger partial charge in [-0.05, 0) is 37.0 Å². The summed E-state index contributed by atoms with van der Waals surface area (Å²) in [5, 5.41) is 4.49. The molecule has 5 nitrogen and oxygen atoms in total. The van der Waals surface area contributed by atoms with Crippen LogP contribution < -0.4 is 16.0 Å². The second-order valence-electron chi connectivity index (χ2n) is 5.54. The molecule has 0 radical (unpaired) electrons. The summed E-state index contributed by atoms with van der Waals surface area (Å²) < 4.78 is 7.62. The van der Waals surface area contributed by atoms with Gasteiger partial charge >= 0.3 is 0 Å². The number of benzene rings is 1. The Balaban J connectivity index is 1.84. The first-order chi connectivity index (χ1) is 10.2. The predicted octanol–water partition coefficient (Wildman–Crippen LogP) is 2.08. The molecule has 1 aromatic carbocycles. The van der Waals surface area contributed by atoms with E-state index in [2.05, 4.69) is 29.6 Å². The van der Waals surface area contributed by atoms with E-state index in [1.165, 1.54) is 12.8 Å². The highest BCUT2D eigenvalue weighted by molar-refractivity contribution is 5.36. The molecule has 1 aliphatic rings. The molecular weight excluding hydrogens is 264 g/mol. The number of hydrazine groups is 1. The van der Waals surface area contributed by atoms with Gasteiger partial charge < -0.3 is 4.74 Å². The van der Waals surface area contributed by atoms with E-state index in [1.807, 2.05) is 30.1 Å². The van der Waals surface area contributed by atoms with Crippen molar-refractivity contribution < 1.29 is 4.74 Å². The molecule has 1 aromatic heterocycles. The minimum Gasteiger partial charge on any atom is -0.490 e. The lowest BCUT2D eigenvalue weighted by atomic mass is 9.99. The van der Waals surface area contributed by atoms with E-state index in [9.17, 15) is 0 Å². The first kappa shape index (κ1) is 14.1. The van der Waals surface area contributed by atoms with Crippen LogP contribution in [0.1, 0.15) is 42.6 Å². The molecule has 1 unspecified atom stereocenters. The van der Waals surface area contributed by atoms with Crippen LogP contribution in [0.3, 0.4) is 0 Å². The molecule has 0 bridgehead atoms. The molecule has 1 fully saturated rings. The van der Waals surface area contributed by atoms with E-state index in [1.54, 1.807) is 0 Å². The quantitative estimate of drug-likeness (QED) is 0.630. The molecule has 1 saturated carbocycles. The number of aryl methyl sites for hydroxylation is 2. The van der Waals surface area contributed by atoms with Gasteiger partial charge in [0.1, 0.15) is 5.75 Å². The van der Waals surface area contributed by atoms with Crippen LogP contribution >= 0.6 is 0 Å². The number of nitrogens with one attached hydrogen (secondary N) is 1. The number of rotatable bonds is 6. The Bertz CT molecular complexity index is 601. The van der Waals surface area contributed by atoms with Crippen LogP contribution in [0.5, 0.6) is 5.75 Å². The van der Waals surface area contributed by atoms with Gasteiger partial charge in [0.25, 0.3) is 0 Å². The summed E-state index contributed by atoms with van der Waals surface area (Å²) in [4.78, 5) is 0. The Hall–Kier alpha value is -1.85. The SMILES string of the molecule is CCc1nn(C)cc1C(NN)c1ccc(OC2CC2)cc1. The van der Waals surface area contributed by atoms with Gasteiger partial charge in [0, 0.05) is 18.8 Å². The van der Waals surface area contributed by atoms with Gasteiger partial charge in [0.05, 0.1) is 17.8 Å². The standard InChI is InChI=1S/C16H22N4O/c1-3-15-14(10-20(2)19-15)16(18-17)11-4-6-12(7-5-11)21-13-8-9-13/h4-7,10,13,16,18H,3,8-9,17H2,1-2H3. The third-order valence-corrected chi connectivity index (χ3v) is 3.79. The molecule has 2 aromatic rings. The van der Waals surface area contributed by atoms with Crippen LogP contribution in [-0.2, 0) is 13.5 Å². The fraction of sp³-hybridized carbons (Fsp3) is 0.438. The highest BCUT2D eigenvalue weighted by Gasteiger charge is 2.24. The van der Waals surface area contributed by atoms with E-state index >= 15 is 0 Å². The second kappa shape index (κ2) is 5.87. The van der Waals surface area contributed by atoms with Gasteiger partial charge in [-0.15, -0.1) is 0 Å². The number of nitrogens with zero attached hydrogens (tertiary/aromatic N) is 2. The topological polar surface area (TPSA) is 65.1 Å². The van der Waals surface area contributed by atoms with E-state index in [0.29, 0.717) is 6.10 Å². The Morgan fingerprint density at radius 1 is 1.38 bits per heavy atom. The highest BCUT2D eigenvalue weighted by atomic mass is 16.5. The first-order valence-corrected chi connectivity index (χ1v) is 7.46. The van der Waals surface area contributed by atoms with Crippen molar-refractivity contribution >= 4 is 0 Å². The smallest absolute Gasteiger partial charge is 0.119 e. The molecule has 3 N–H and O–H groups in total. The van der Waals surface area contributed by atoms with Gasteiger partial charge in [-0.25, -0.2) is 5.43 Å². The fourth-order valence-electron chi connectivity index (χ4n) is 2.55. The van der Waals surface area contributed by atoms with E-state index in [-0.39, 0.29) is 6.04 Å². The van der Waals surface area contributed by atoms with Crippen LogP contribution in [0.25, 0.3) is 0 Å². The molecule has 3 rings (SSSR count). The van der Waals surface area contributed by atoms with Crippen LogP contribution in [-0.4, -0.2) is 15.9 Å². The maximum atomic E-state index is 5.78. The van der Waals surface area contributed by atoms with E-state index in [0.717, 1.165) is 29.0 Å². The summed E-state index contributed by atoms with van der Waals surface area (Å²) in [6.45, 7) is 2.10. The van der Waals surface area contributed by atoms with Crippen LogP contribution in [0.15, 0.2) is 30.5 Å². The summed E-state index contributed by atoms with van der Waals surface area (Å²) in [7, 11) is 1.93. The van der Waals surface area contributed by atoms with Crippen molar-refractivity contribution in [2.24, 2.45) is 12.9 Å². The zero-order chi connectivity index (χ0) is 14.8. The fourth-order valence-corrected chi connectivity index (χ4v) is 2.55. The molecule has 21 heavy (non-hydrogen) atoms. The average Bonchev–Trinajstić information content (AvgIpc) is 3.23. The molecule has 1 atom stereocenters. The van der Waals surface area contributed by atoms with Gasteiger partial charge in [-0.1, -0.05) is 19.1 Å². The van der Waals surface area contributed by atoms with Crippen molar-refractivity contribution in [3.63, 3.8) is 0 Å². The lowest BCUT2D eigenvalue weighted by Gasteiger charge is -2.17. The van der Waals surface area contributed by atoms with Gasteiger partial charge in [0.15, 0.2) is 0 Å². The number of ether oxygens (including phenoxy) is 1. The van der Waals surface area contributed by atoms with Gasteiger partial charge in [-0.2, -0.15) is 5.10 Å². The summed E-state index contributed by atoms with van der Waals surface area (Å²) >= 11 is 0. The number of nitrogens with two attached hydrogens (primary N) is 1. The summed E-state index contributed by atoms with van der Waals surface area (Å²) in [5.41, 5.74) is 6.21. The summed E-state index contributed by atoms with van der Waals surface area (Å²) in [6, 6.07) is 8.10. The first-order valence-electron chi connectivity index (χ1n) is 7.46. The Kier molecular flexibility index (Phi) is 3.94. The Labute approximate surface area is 125 Å². The third-order valence-electron chi connectivity index (χ3n) is 3.79. The van der Waals surface area contributed by atoms with Gasteiger partial charge in [0.2, 0.25) is 0 Å². The summed E-state index contributed by atoms with van der Waals surface area (Å²) in [5.74, 6) is 6.71. The minimum absolute atomic E-state index is 0.0522. The van der Waals surface area contributed by atoms with E-state index in [4.69, 9.17) is 10.6 Å². The number of aromatic nitrogens is 2. The van der Waals surface area contributed by atoms with Crippen molar-refractivity contribution in [1.29, 1.82) is 0 Å².